The molecule has 0 aliphatic carbocycles. The fourth-order valence-corrected chi connectivity index (χ4v) is 3.45. The maximum absolute atomic E-state index is 12.9. The summed E-state index contributed by atoms with van der Waals surface area (Å²) in [5.74, 6) is -1.29. The highest BCUT2D eigenvalue weighted by Gasteiger charge is 2.22. The van der Waals surface area contributed by atoms with Crippen LogP contribution >= 0.6 is 0 Å². The average Bonchev–Trinajstić information content (AvgIpc) is 3.29. The Kier molecular flexibility index (Phi) is 6.40. The van der Waals surface area contributed by atoms with Gasteiger partial charge >= 0.3 is 5.97 Å². The molecule has 0 spiro atoms. The molecule has 0 unspecified atom stereocenters. The number of rotatable bonds is 7. The zero-order valence-electron chi connectivity index (χ0n) is 18.5. The highest BCUT2D eigenvalue weighted by molar-refractivity contribution is 6.14. The Morgan fingerprint density at radius 1 is 0.882 bits per heavy atom. The number of Topliss-reactive ketones (excluding diaryl/α,β-unsaturated/α-hetero) is 1. The summed E-state index contributed by atoms with van der Waals surface area (Å²) < 4.78 is 15.7. The van der Waals surface area contributed by atoms with Crippen molar-refractivity contribution in [2.75, 3.05) is 18.7 Å². The second-order valence-corrected chi connectivity index (χ2v) is 7.67. The number of esters is 1. The van der Waals surface area contributed by atoms with Crippen molar-refractivity contribution < 1.29 is 33.4 Å². The van der Waals surface area contributed by atoms with Gasteiger partial charge < -0.3 is 19.5 Å². The molecular formula is C26H21NO7. The number of ether oxygens (including phenoxy) is 3. The molecule has 3 aromatic carbocycles. The number of amides is 1. The smallest absolute Gasteiger partial charge is 0.339 e. The summed E-state index contributed by atoms with van der Waals surface area (Å²) in [6, 6.07) is 16.2. The lowest BCUT2D eigenvalue weighted by Gasteiger charge is -2.12. The lowest BCUT2D eigenvalue weighted by atomic mass is 9.98. The highest BCUT2D eigenvalue weighted by atomic mass is 16.7. The van der Waals surface area contributed by atoms with Crippen molar-refractivity contribution in [2.45, 2.75) is 13.8 Å². The van der Waals surface area contributed by atoms with Gasteiger partial charge in [-0.05, 0) is 26.0 Å². The monoisotopic (exact) mass is 459 g/mol. The van der Waals surface area contributed by atoms with E-state index in [-0.39, 0.29) is 40.7 Å². The quantitative estimate of drug-likeness (QED) is 0.421. The van der Waals surface area contributed by atoms with Crippen molar-refractivity contribution in [2.24, 2.45) is 0 Å². The van der Waals surface area contributed by atoms with Crippen LogP contribution in [0.5, 0.6) is 11.5 Å². The van der Waals surface area contributed by atoms with E-state index in [1.807, 2.05) is 19.1 Å². The summed E-state index contributed by atoms with van der Waals surface area (Å²) >= 11 is 0. The maximum atomic E-state index is 12.9. The fraction of sp³-hybridized carbons (Fsp3) is 0.154. The van der Waals surface area contributed by atoms with Gasteiger partial charge in [-0.25, -0.2) is 4.79 Å². The molecule has 0 radical (unpaired) electrons. The van der Waals surface area contributed by atoms with E-state index in [0.717, 1.165) is 5.56 Å². The van der Waals surface area contributed by atoms with Crippen molar-refractivity contribution in [1.29, 1.82) is 0 Å². The lowest BCUT2D eigenvalue weighted by molar-refractivity contribution is -0.119. The molecule has 0 saturated heterocycles. The van der Waals surface area contributed by atoms with Crippen molar-refractivity contribution in [3.05, 3.63) is 88.5 Å². The molecule has 1 aliphatic rings. The third-order valence-corrected chi connectivity index (χ3v) is 5.21. The maximum Gasteiger partial charge on any atom is 0.339 e. The molecular weight excluding hydrogens is 438 g/mol. The highest BCUT2D eigenvalue weighted by Crippen LogP contribution is 2.37. The third kappa shape index (κ3) is 4.80. The number of aryl methyl sites for hydroxylation is 1. The van der Waals surface area contributed by atoms with Crippen LogP contribution in [-0.2, 0) is 9.53 Å². The first-order valence-corrected chi connectivity index (χ1v) is 10.5. The van der Waals surface area contributed by atoms with E-state index in [2.05, 4.69) is 5.32 Å². The predicted octanol–water partition coefficient (Wildman–Crippen LogP) is 3.95. The molecule has 1 heterocycles. The topological polar surface area (TPSA) is 108 Å². The van der Waals surface area contributed by atoms with Crippen LogP contribution in [0.1, 0.15) is 49.1 Å². The Hall–Kier alpha value is -4.46. The van der Waals surface area contributed by atoms with E-state index in [9.17, 15) is 19.2 Å². The predicted molar refractivity (Wildman–Crippen MR) is 123 cm³/mol. The number of fused-ring (bicyclic) bond motifs is 1. The lowest BCUT2D eigenvalue weighted by Crippen LogP contribution is -2.23. The molecule has 0 fully saturated rings. The number of hydrogen-bond donors (Lipinski definition) is 1. The molecule has 0 atom stereocenters. The van der Waals surface area contributed by atoms with Gasteiger partial charge in [0.05, 0.1) is 11.3 Å². The summed E-state index contributed by atoms with van der Waals surface area (Å²) in [7, 11) is 0. The van der Waals surface area contributed by atoms with Crippen LogP contribution in [-0.4, -0.2) is 36.8 Å². The SMILES string of the molecule is CC(=O)c1cc2c(cc1NC(=O)COC(=O)c1ccccc1C(=O)c1ccc(C)cc1)OCO2. The summed E-state index contributed by atoms with van der Waals surface area (Å²) in [6.45, 7) is 2.67. The minimum atomic E-state index is -0.816. The van der Waals surface area contributed by atoms with E-state index >= 15 is 0 Å². The van der Waals surface area contributed by atoms with E-state index < -0.39 is 18.5 Å². The average molecular weight is 459 g/mol. The Labute approximate surface area is 195 Å². The van der Waals surface area contributed by atoms with Gasteiger partial charge in [0.1, 0.15) is 0 Å². The Bertz CT molecular complexity index is 1300. The van der Waals surface area contributed by atoms with Crippen molar-refractivity contribution in [3.63, 3.8) is 0 Å². The standard InChI is InChI=1S/C26H21NO7/c1-15-7-9-17(10-8-15)25(30)18-5-3-4-6-19(18)26(31)32-13-24(29)27-21-12-23-22(33-14-34-23)11-20(21)16(2)28/h3-12H,13-14H2,1-2H3,(H,27,29). The van der Waals surface area contributed by atoms with Crippen LogP contribution in [0.4, 0.5) is 5.69 Å². The molecule has 3 aromatic rings. The van der Waals surface area contributed by atoms with E-state index in [1.165, 1.54) is 31.2 Å². The number of ketones is 2. The van der Waals surface area contributed by atoms with Crippen LogP contribution in [0.2, 0.25) is 0 Å². The van der Waals surface area contributed by atoms with E-state index in [4.69, 9.17) is 14.2 Å². The molecule has 1 aliphatic heterocycles. The number of carbonyl (C=O) groups is 4. The number of benzene rings is 3. The minimum absolute atomic E-state index is 0.0163. The third-order valence-electron chi connectivity index (χ3n) is 5.21. The molecule has 0 saturated carbocycles. The first-order valence-electron chi connectivity index (χ1n) is 10.5. The number of anilines is 1. The summed E-state index contributed by atoms with van der Waals surface area (Å²) in [6.07, 6.45) is 0. The molecule has 1 amide bonds. The Morgan fingerprint density at radius 2 is 1.53 bits per heavy atom. The van der Waals surface area contributed by atoms with Gasteiger partial charge in [-0.15, -0.1) is 0 Å². The molecule has 0 aromatic heterocycles. The second kappa shape index (κ2) is 9.58. The van der Waals surface area contributed by atoms with Crippen LogP contribution in [0.15, 0.2) is 60.7 Å². The van der Waals surface area contributed by atoms with E-state index in [0.29, 0.717) is 17.1 Å². The zero-order valence-corrected chi connectivity index (χ0v) is 18.5. The van der Waals surface area contributed by atoms with Gasteiger partial charge in [0.2, 0.25) is 6.79 Å². The van der Waals surface area contributed by atoms with E-state index in [1.54, 1.807) is 24.3 Å². The normalized spacial score (nSPS) is 11.6. The first kappa shape index (κ1) is 22.7. The molecule has 1 N–H and O–H groups in total. The summed E-state index contributed by atoms with van der Waals surface area (Å²) in [4.78, 5) is 50.0. The number of hydrogen-bond acceptors (Lipinski definition) is 7. The van der Waals surface area contributed by atoms with Crippen molar-refractivity contribution >= 4 is 29.1 Å². The molecule has 172 valence electrons. The van der Waals surface area contributed by atoms with Crippen molar-refractivity contribution in [3.8, 4) is 11.5 Å². The van der Waals surface area contributed by atoms with Gasteiger partial charge in [0.15, 0.2) is 29.7 Å². The Balaban J connectivity index is 1.46. The Morgan fingerprint density at radius 3 is 2.21 bits per heavy atom. The summed E-state index contributed by atoms with van der Waals surface area (Å²) in [5.41, 5.74) is 2.11. The molecule has 4 rings (SSSR count). The van der Waals surface area contributed by atoms with Crippen molar-refractivity contribution in [1.82, 2.24) is 0 Å². The van der Waals surface area contributed by atoms with Crippen LogP contribution in [0.3, 0.4) is 0 Å². The zero-order chi connectivity index (χ0) is 24.2. The molecule has 8 nitrogen and oxygen atoms in total. The van der Waals surface area contributed by atoms with Gasteiger partial charge in [-0.1, -0.05) is 48.0 Å². The van der Waals surface area contributed by atoms with Gasteiger partial charge in [-0.2, -0.15) is 0 Å². The van der Waals surface area contributed by atoms with Gasteiger partial charge in [0, 0.05) is 22.8 Å². The van der Waals surface area contributed by atoms with Crippen LogP contribution in [0, 0.1) is 6.92 Å². The van der Waals surface area contributed by atoms with Crippen LogP contribution < -0.4 is 14.8 Å². The molecule has 8 heteroatoms. The number of nitrogens with one attached hydrogen (secondary N) is 1. The van der Waals surface area contributed by atoms with Gasteiger partial charge in [0.25, 0.3) is 5.91 Å². The van der Waals surface area contributed by atoms with Gasteiger partial charge in [-0.3, -0.25) is 14.4 Å². The molecule has 0 bridgehead atoms. The first-order chi connectivity index (χ1) is 16.3. The second-order valence-electron chi connectivity index (χ2n) is 7.67. The van der Waals surface area contributed by atoms with Crippen LogP contribution in [0.25, 0.3) is 0 Å². The number of carbonyl (C=O) groups excluding carboxylic acids is 4. The molecule has 34 heavy (non-hydrogen) atoms. The largest absolute Gasteiger partial charge is 0.454 e. The fourth-order valence-electron chi connectivity index (χ4n) is 3.45. The summed E-state index contributed by atoms with van der Waals surface area (Å²) in [5, 5.41) is 2.56. The minimum Gasteiger partial charge on any atom is -0.454 e.